The number of ether oxygens (including phenoxy) is 2. The predicted octanol–water partition coefficient (Wildman–Crippen LogP) is 4.68. The minimum Gasteiger partial charge on any atom is -0.426 e. The molecule has 2 heterocycles. The summed E-state index contributed by atoms with van der Waals surface area (Å²) in [4.78, 5) is 15.9. The number of carbonyl (C=O) groups excluding carboxylic acids is 1. The van der Waals surface area contributed by atoms with Gasteiger partial charge in [0.1, 0.15) is 6.61 Å². The molecule has 2 aliphatic rings. The van der Waals surface area contributed by atoms with Gasteiger partial charge in [0.25, 0.3) is 6.10 Å². The van der Waals surface area contributed by atoms with E-state index in [0.29, 0.717) is 30.1 Å². The molecular weight excluding hydrogens is 537 g/mol. The molecule has 2 saturated heterocycles. The van der Waals surface area contributed by atoms with E-state index in [1.165, 1.54) is 17.0 Å². The van der Waals surface area contributed by atoms with Crippen molar-refractivity contribution in [3.8, 4) is 12.3 Å². The predicted molar refractivity (Wildman–Crippen MR) is 116 cm³/mol. The summed E-state index contributed by atoms with van der Waals surface area (Å²) in [6.07, 6.45) is -17.0. The fourth-order valence-corrected chi connectivity index (χ4v) is 4.36. The number of terminal acetylenes is 1. The molecule has 0 radical (unpaired) electrons. The lowest BCUT2D eigenvalue weighted by atomic mass is 10.0. The van der Waals surface area contributed by atoms with Gasteiger partial charge in [-0.15, -0.1) is 6.42 Å². The van der Waals surface area contributed by atoms with Crippen molar-refractivity contribution in [3.63, 3.8) is 0 Å². The monoisotopic (exact) mass is 561 g/mol. The SMILES string of the molecule is C#CCO[C@H]1CCN(c2cccc(C(F)(F)F)c2CN2CCN(C(=O)OC(C(F)(F)F)C(F)(F)F)CC2)C1. The van der Waals surface area contributed by atoms with Crippen molar-refractivity contribution in [2.75, 3.05) is 50.8 Å². The molecule has 15 heteroatoms. The summed E-state index contributed by atoms with van der Waals surface area (Å²) < 4.78 is 127. The van der Waals surface area contributed by atoms with E-state index in [9.17, 15) is 44.3 Å². The fraction of sp³-hybridized carbons (Fsp3) is 0.609. The maximum absolute atomic E-state index is 13.9. The second-order valence-electron chi connectivity index (χ2n) is 8.78. The lowest BCUT2D eigenvalue weighted by molar-refractivity contribution is -0.308. The Morgan fingerprint density at radius 2 is 1.63 bits per heavy atom. The van der Waals surface area contributed by atoms with Crippen LogP contribution in [-0.2, 0) is 22.2 Å². The van der Waals surface area contributed by atoms with Gasteiger partial charge >= 0.3 is 24.6 Å². The summed E-state index contributed by atoms with van der Waals surface area (Å²) >= 11 is 0. The average Bonchev–Trinajstić information content (AvgIpc) is 3.28. The Hall–Kier alpha value is -2.86. The number of amides is 1. The lowest BCUT2D eigenvalue weighted by Gasteiger charge is -2.36. The molecule has 38 heavy (non-hydrogen) atoms. The van der Waals surface area contributed by atoms with Crippen LogP contribution >= 0.6 is 0 Å². The van der Waals surface area contributed by atoms with Gasteiger partial charge in [-0.1, -0.05) is 12.0 Å². The maximum atomic E-state index is 13.9. The van der Waals surface area contributed by atoms with Crippen LogP contribution in [0.15, 0.2) is 18.2 Å². The van der Waals surface area contributed by atoms with Crippen molar-refractivity contribution >= 4 is 11.8 Å². The lowest BCUT2D eigenvalue weighted by Crippen LogP contribution is -2.52. The smallest absolute Gasteiger partial charge is 0.426 e. The molecule has 1 amide bonds. The molecule has 1 aromatic carbocycles. The molecule has 0 aliphatic carbocycles. The topological polar surface area (TPSA) is 45.2 Å². The largest absolute Gasteiger partial charge is 0.434 e. The number of piperazine rings is 1. The van der Waals surface area contributed by atoms with E-state index in [1.807, 2.05) is 0 Å². The number of hydrogen-bond donors (Lipinski definition) is 0. The van der Waals surface area contributed by atoms with Crippen molar-refractivity contribution in [1.82, 2.24) is 9.80 Å². The third-order valence-corrected chi connectivity index (χ3v) is 6.17. The normalized spacial score (nSPS) is 19.7. The van der Waals surface area contributed by atoms with E-state index in [4.69, 9.17) is 11.2 Å². The highest BCUT2D eigenvalue weighted by atomic mass is 19.4. The molecule has 2 aliphatic heterocycles. The van der Waals surface area contributed by atoms with Crippen LogP contribution in [0.5, 0.6) is 0 Å². The zero-order chi connectivity index (χ0) is 28.3. The molecule has 0 saturated carbocycles. The molecule has 3 rings (SSSR count). The molecule has 0 unspecified atom stereocenters. The standard InChI is InChI=1S/C23H24F9N3O3/c1-2-12-37-15-6-7-35(13-15)18-5-3-4-17(21(24,25)26)16(18)14-33-8-10-34(11-9-33)20(36)38-19(22(27,28)29)23(30,31)32/h1,3-5,15,19H,6-14H2/t15-/m0/s1. The number of carbonyl (C=O) groups is 1. The second kappa shape index (κ2) is 11.5. The highest BCUT2D eigenvalue weighted by Gasteiger charge is 2.60. The first-order valence-electron chi connectivity index (χ1n) is 11.4. The third-order valence-electron chi connectivity index (χ3n) is 6.17. The number of benzene rings is 1. The van der Waals surface area contributed by atoms with Crippen LogP contribution in [0.25, 0.3) is 0 Å². The molecule has 6 nitrogen and oxygen atoms in total. The summed E-state index contributed by atoms with van der Waals surface area (Å²) in [6, 6.07) is 3.75. The van der Waals surface area contributed by atoms with Crippen LogP contribution in [0.3, 0.4) is 0 Å². The van der Waals surface area contributed by atoms with Crippen molar-refractivity contribution in [1.29, 1.82) is 0 Å². The molecule has 0 spiro atoms. The van der Waals surface area contributed by atoms with Crippen molar-refractivity contribution in [2.24, 2.45) is 0 Å². The van der Waals surface area contributed by atoms with E-state index >= 15 is 0 Å². The van der Waals surface area contributed by atoms with Crippen LogP contribution in [0.4, 0.5) is 50.0 Å². The Morgan fingerprint density at radius 1 is 1.00 bits per heavy atom. The average molecular weight is 561 g/mol. The van der Waals surface area contributed by atoms with Gasteiger partial charge in [0.15, 0.2) is 0 Å². The number of nitrogens with zero attached hydrogens (tertiary/aromatic N) is 3. The Balaban J connectivity index is 1.71. The second-order valence-corrected chi connectivity index (χ2v) is 8.78. The van der Waals surface area contributed by atoms with Gasteiger partial charge in [-0.05, 0) is 18.6 Å². The summed E-state index contributed by atoms with van der Waals surface area (Å²) in [5.41, 5.74) is -0.586. The molecule has 2 fully saturated rings. The third kappa shape index (κ3) is 7.37. The van der Waals surface area contributed by atoms with Gasteiger partial charge in [-0.25, -0.2) is 4.79 Å². The van der Waals surface area contributed by atoms with Gasteiger partial charge in [0.05, 0.1) is 11.7 Å². The zero-order valence-electron chi connectivity index (χ0n) is 19.8. The molecule has 0 bridgehead atoms. The first-order chi connectivity index (χ1) is 17.6. The van der Waals surface area contributed by atoms with Crippen molar-refractivity contribution in [3.05, 3.63) is 29.3 Å². The number of alkyl halides is 9. The quantitative estimate of drug-likeness (QED) is 0.373. The minimum atomic E-state index is -5.85. The van der Waals surface area contributed by atoms with Gasteiger partial charge in [-0.3, -0.25) is 4.90 Å². The van der Waals surface area contributed by atoms with E-state index in [2.05, 4.69) is 10.7 Å². The molecular formula is C23H24F9N3O3. The molecule has 0 aromatic heterocycles. The zero-order valence-corrected chi connectivity index (χ0v) is 19.8. The summed E-state index contributed by atoms with van der Waals surface area (Å²) in [6.45, 7) is -0.291. The van der Waals surface area contributed by atoms with Crippen LogP contribution < -0.4 is 4.90 Å². The van der Waals surface area contributed by atoms with E-state index in [1.54, 1.807) is 4.90 Å². The highest BCUT2D eigenvalue weighted by molar-refractivity contribution is 5.68. The number of halogens is 9. The summed E-state index contributed by atoms with van der Waals surface area (Å²) in [5.74, 6) is 2.34. The maximum Gasteiger partial charge on any atom is 0.434 e. The van der Waals surface area contributed by atoms with Crippen molar-refractivity contribution in [2.45, 2.75) is 43.7 Å². The van der Waals surface area contributed by atoms with Crippen molar-refractivity contribution < 1.29 is 53.8 Å². The van der Waals surface area contributed by atoms with Gasteiger partial charge in [0, 0.05) is 57.1 Å². The molecule has 1 atom stereocenters. The van der Waals surface area contributed by atoms with E-state index < -0.39 is 36.3 Å². The number of rotatable bonds is 6. The summed E-state index contributed by atoms with van der Waals surface area (Å²) in [5, 5.41) is 0. The highest BCUT2D eigenvalue weighted by Crippen LogP contribution is 2.39. The first kappa shape index (κ1) is 29.7. The molecule has 212 valence electrons. The van der Waals surface area contributed by atoms with Gasteiger partial charge in [-0.2, -0.15) is 39.5 Å². The van der Waals surface area contributed by atoms with Crippen LogP contribution in [-0.4, -0.2) is 86.3 Å². The van der Waals surface area contributed by atoms with Gasteiger partial charge in [0.2, 0.25) is 0 Å². The first-order valence-corrected chi connectivity index (χ1v) is 11.4. The van der Waals surface area contributed by atoms with Gasteiger partial charge < -0.3 is 19.3 Å². The van der Waals surface area contributed by atoms with Crippen LogP contribution in [0.1, 0.15) is 17.5 Å². The Bertz CT molecular complexity index is 999. The number of anilines is 1. The summed E-state index contributed by atoms with van der Waals surface area (Å²) in [7, 11) is 0. The molecule has 0 N–H and O–H groups in total. The van der Waals surface area contributed by atoms with E-state index in [-0.39, 0.29) is 51.0 Å². The Morgan fingerprint density at radius 3 is 2.18 bits per heavy atom. The van der Waals surface area contributed by atoms with Crippen LogP contribution in [0.2, 0.25) is 0 Å². The van der Waals surface area contributed by atoms with E-state index in [0.717, 1.165) is 6.07 Å². The van der Waals surface area contributed by atoms with Crippen LogP contribution in [0, 0.1) is 12.3 Å². The number of hydrogen-bond acceptors (Lipinski definition) is 5. The minimum absolute atomic E-state index is 0.0390. The Labute approximate surface area is 212 Å². The Kier molecular flexibility index (Phi) is 8.97. The fourth-order valence-electron chi connectivity index (χ4n) is 4.36. The molecule has 1 aromatic rings.